The van der Waals surface area contributed by atoms with Gasteiger partial charge < -0.3 is 4.74 Å². The van der Waals surface area contributed by atoms with Crippen LogP contribution in [0.4, 0.5) is 0 Å². The normalized spacial score (nSPS) is 11.2. The van der Waals surface area contributed by atoms with Crippen LogP contribution in [0.5, 0.6) is 11.6 Å². The Morgan fingerprint density at radius 2 is 1.62 bits per heavy atom. The number of pyridine rings is 2. The average Bonchev–Trinajstić information content (AvgIpc) is 2.64. The van der Waals surface area contributed by atoms with Crippen LogP contribution < -0.4 is 9.46 Å². The first-order valence-corrected chi connectivity index (χ1v) is 10.4. The molecule has 3 rings (SSSR count). The summed E-state index contributed by atoms with van der Waals surface area (Å²) in [5, 5.41) is -0.156. The van der Waals surface area contributed by atoms with Crippen LogP contribution in [-0.2, 0) is 10.0 Å². The van der Waals surface area contributed by atoms with Crippen molar-refractivity contribution in [2.75, 3.05) is 0 Å². The molecule has 0 aliphatic carbocycles. The molecule has 0 unspecified atom stereocenters. The number of nitrogens with zero attached hydrogens (tertiary/aromatic N) is 2. The Bertz CT molecular complexity index is 1180. The van der Waals surface area contributed by atoms with E-state index in [0.29, 0.717) is 11.4 Å². The number of hydrogen-bond acceptors (Lipinski definition) is 6. The van der Waals surface area contributed by atoms with Crippen LogP contribution in [0, 0.1) is 20.8 Å². The molecular formula is C20H18ClN3O4S. The smallest absolute Gasteiger partial charge is 0.281 e. The lowest BCUT2D eigenvalue weighted by Gasteiger charge is -2.14. The number of sulfonamides is 1. The van der Waals surface area contributed by atoms with E-state index in [1.165, 1.54) is 18.2 Å². The minimum atomic E-state index is -4.17. The summed E-state index contributed by atoms with van der Waals surface area (Å²) in [6.45, 7) is 5.35. The highest BCUT2D eigenvalue weighted by Crippen LogP contribution is 2.30. The van der Waals surface area contributed by atoms with Gasteiger partial charge in [-0.25, -0.2) is 14.7 Å². The van der Waals surface area contributed by atoms with Crippen molar-refractivity contribution in [3.63, 3.8) is 0 Å². The van der Waals surface area contributed by atoms with Crippen molar-refractivity contribution in [2.45, 2.75) is 25.8 Å². The van der Waals surface area contributed by atoms with E-state index >= 15 is 0 Å². The second-order valence-corrected chi connectivity index (χ2v) is 8.38. The number of benzene rings is 1. The zero-order chi connectivity index (χ0) is 21.2. The second-order valence-electron chi connectivity index (χ2n) is 6.36. The zero-order valence-corrected chi connectivity index (χ0v) is 17.5. The summed E-state index contributed by atoms with van der Waals surface area (Å²) in [4.78, 5) is 20.7. The molecule has 0 aliphatic rings. The van der Waals surface area contributed by atoms with E-state index in [0.717, 1.165) is 11.1 Å². The van der Waals surface area contributed by atoms with E-state index < -0.39 is 15.9 Å². The molecule has 3 aromatic rings. The van der Waals surface area contributed by atoms with E-state index in [2.05, 4.69) is 9.97 Å². The van der Waals surface area contributed by atoms with Gasteiger partial charge in [0.25, 0.3) is 15.9 Å². The molecule has 2 heterocycles. The first-order valence-electron chi connectivity index (χ1n) is 8.59. The summed E-state index contributed by atoms with van der Waals surface area (Å²) < 4.78 is 32.9. The van der Waals surface area contributed by atoms with Gasteiger partial charge in [-0.3, -0.25) is 4.79 Å². The zero-order valence-electron chi connectivity index (χ0n) is 15.9. The van der Waals surface area contributed by atoms with Crippen LogP contribution >= 0.6 is 11.6 Å². The van der Waals surface area contributed by atoms with Gasteiger partial charge in [0.1, 0.15) is 16.5 Å². The summed E-state index contributed by atoms with van der Waals surface area (Å²) >= 11 is 5.96. The van der Waals surface area contributed by atoms with Gasteiger partial charge in [0.2, 0.25) is 5.88 Å². The molecule has 0 bridgehead atoms. The van der Waals surface area contributed by atoms with E-state index in [-0.39, 0.29) is 21.6 Å². The fourth-order valence-corrected chi connectivity index (χ4v) is 3.74. The molecule has 0 saturated carbocycles. The summed E-state index contributed by atoms with van der Waals surface area (Å²) in [5.41, 5.74) is 2.09. The van der Waals surface area contributed by atoms with Crippen molar-refractivity contribution < 1.29 is 17.9 Å². The van der Waals surface area contributed by atoms with Gasteiger partial charge >= 0.3 is 0 Å². The first kappa shape index (κ1) is 20.8. The maximum Gasteiger partial charge on any atom is 0.281 e. The first-order chi connectivity index (χ1) is 13.7. The van der Waals surface area contributed by atoms with Crippen molar-refractivity contribution in [1.82, 2.24) is 14.7 Å². The Balaban J connectivity index is 1.96. The lowest BCUT2D eigenvalue weighted by atomic mass is 10.1. The van der Waals surface area contributed by atoms with E-state index in [1.54, 1.807) is 19.1 Å². The highest BCUT2D eigenvalue weighted by Gasteiger charge is 2.24. The molecule has 1 amide bonds. The molecule has 0 atom stereocenters. The van der Waals surface area contributed by atoms with Gasteiger partial charge in [0, 0.05) is 5.69 Å². The van der Waals surface area contributed by atoms with Crippen molar-refractivity contribution >= 4 is 27.5 Å². The van der Waals surface area contributed by atoms with Crippen molar-refractivity contribution in [3.8, 4) is 11.6 Å². The van der Waals surface area contributed by atoms with Crippen LogP contribution in [-0.4, -0.2) is 24.3 Å². The molecule has 7 nitrogen and oxygen atoms in total. The number of hydrogen-bond donors (Lipinski definition) is 1. The minimum Gasteiger partial charge on any atom is -0.438 e. The number of amides is 1. The van der Waals surface area contributed by atoms with Gasteiger partial charge in [0.15, 0.2) is 5.03 Å². The fraction of sp³-hybridized carbons (Fsp3) is 0.150. The molecule has 9 heteroatoms. The van der Waals surface area contributed by atoms with Crippen LogP contribution in [0.1, 0.15) is 27.2 Å². The van der Waals surface area contributed by atoms with Gasteiger partial charge in [-0.2, -0.15) is 8.42 Å². The van der Waals surface area contributed by atoms with Crippen molar-refractivity contribution in [2.24, 2.45) is 0 Å². The van der Waals surface area contributed by atoms with Gasteiger partial charge in [-0.15, -0.1) is 0 Å². The Hall–Kier alpha value is -2.97. The molecule has 0 aliphatic heterocycles. The third kappa shape index (κ3) is 4.72. The highest BCUT2D eigenvalue weighted by molar-refractivity contribution is 7.90. The van der Waals surface area contributed by atoms with E-state index in [9.17, 15) is 13.2 Å². The Kier molecular flexibility index (Phi) is 5.86. The Morgan fingerprint density at radius 3 is 2.28 bits per heavy atom. The predicted octanol–water partition coefficient (Wildman–Crippen LogP) is 3.97. The Labute approximate surface area is 173 Å². The van der Waals surface area contributed by atoms with Crippen LogP contribution in [0.25, 0.3) is 0 Å². The van der Waals surface area contributed by atoms with Crippen molar-refractivity contribution in [1.29, 1.82) is 0 Å². The number of aryl methyl sites for hydroxylation is 3. The van der Waals surface area contributed by atoms with Crippen LogP contribution in [0.3, 0.4) is 0 Å². The number of para-hydroxylation sites is 1. The quantitative estimate of drug-likeness (QED) is 0.614. The van der Waals surface area contributed by atoms with E-state index in [1.807, 2.05) is 36.8 Å². The van der Waals surface area contributed by atoms with Gasteiger partial charge in [-0.1, -0.05) is 35.9 Å². The number of nitrogens with one attached hydrogen (secondary N) is 1. The summed E-state index contributed by atoms with van der Waals surface area (Å²) in [7, 11) is -4.17. The monoisotopic (exact) mass is 431 g/mol. The molecule has 0 saturated heterocycles. The van der Waals surface area contributed by atoms with Crippen LogP contribution in [0.2, 0.25) is 5.15 Å². The number of ether oxygens (including phenoxy) is 1. The highest BCUT2D eigenvalue weighted by atomic mass is 35.5. The minimum absolute atomic E-state index is 0.0757. The molecule has 0 spiro atoms. The summed E-state index contributed by atoms with van der Waals surface area (Å²) in [6, 6.07) is 12.8. The third-order valence-corrected chi connectivity index (χ3v) is 5.49. The number of aromatic nitrogens is 2. The number of carbonyl (C=O) groups excluding carboxylic acids is 1. The molecule has 150 valence electrons. The number of halogens is 1. The van der Waals surface area contributed by atoms with E-state index in [4.69, 9.17) is 16.3 Å². The SMILES string of the molecule is Cc1cccc(S(=O)(=O)NC(=O)c2ccc(Cl)nc2Oc2c(C)cccc2C)n1. The summed E-state index contributed by atoms with van der Waals surface area (Å²) in [6.07, 6.45) is 0. The fourth-order valence-electron chi connectivity index (χ4n) is 2.62. The van der Waals surface area contributed by atoms with Gasteiger partial charge in [-0.05, 0) is 56.2 Å². The molecule has 29 heavy (non-hydrogen) atoms. The third-order valence-electron chi connectivity index (χ3n) is 4.04. The largest absolute Gasteiger partial charge is 0.438 e. The molecule has 0 fully saturated rings. The second kappa shape index (κ2) is 8.18. The van der Waals surface area contributed by atoms with Crippen molar-refractivity contribution in [3.05, 3.63) is 76.1 Å². The number of rotatable bonds is 5. The molecule has 0 radical (unpaired) electrons. The predicted molar refractivity (Wildman–Crippen MR) is 109 cm³/mol. The standard InChI is InChI=1S/C20H18ClN3O4S/c1-12-6-4-7-13(2)18(12)28-20-15(10-11-16(21)23-20)19(25)24-29(26,27)17-9-5-8-14(3)22-17/h4-11H,1-3H3,(H,24,25). The number of carbonyl (C=O) groups is 1. The van der Waals surface area contributed by atoms with Gasteiger partial charge in [0.05, 0.1) is 0 Å². The summed E-state index contributed by atoms with van der Waals surface area (Å²) in [5.74, 6) is -0.488. The average molecular weight is 432 g/mol. The maximum atomic E-state index is 12.7. The van der Waals surface area contributed by atoms with Crippen LogP contribution in [0.15, 0.2) is 53.6 Å². The molecule has 1 N–H and O–H groups in total. The lowest BCUT2D eigenvalue weighted by molar-refractivity contribution is 0.0978. The molecular weight excluding hydrogens is 414 g/mol. The maximum absolute atomic E-state index is 12.7. The topological polar surface area (TPSA) is 98.2 Å². The molecule has 2 aromatic heterocycles. The lowest BCUT2D eigenvalue weighted by Crippen LogP contribution is -2.31. The molecule has 1 aromatic carbocycles. The Morgan fingerprint density at radius 1 is 0.966 bits per heavy atom.